The largest absolute Gasteiger partial charge is 0.390 e. The first-order chi connectivity index (χ1) is 10.5. The van der Waals surface area contributed by atoms with E-state index in [1.54, 1.807) is 6.08 Å². The Hall–Kier alpha value is -0.380. The average molecular weight is 325 g/mol. The highest BCUT2D eigenvalue weighted by atomic mass is 17.1. The first kappa shape index (κ1) is 19.0. The topological polar surface area (TPSA) is 49.7 Å². The van der Waals surface area contributed by atoms with Gasteiger partial charge < -0.3 is 5.11 Å². The highest BCUT2D eigenvalue weighted by Gasteiger charge is 2.57. The molecule has 0 aromatic heterocycles. The van der Waals surface area contributed by atoms with Crippen LogP contribution in [0.2, 0.25) is 0 Å². The van der Waals surface area contributed by atoms with E-state index < -0.39 is 11.2 Å². The van der Waals surface area contributed by atoms with Crippen LogP contribution in [0, 0.1) is 22.7 Å². The summed E-state index contributed by atoms with van der Waals surface area (Å²) in [6, 6.07) is 0. The lowest BCUT2D eigenvalue weighted by Crippen LogP contribution is -2.57. The molecule has 2 N–H and O–H groups in total. The van der Waals surface area contributed by atoms with Crippen molar-refractivity contribution in [3.05, 3.63) is 12.7 Å². The van der Waals surface area contributed by atoms with Crippen LogP contribution in [-0.2, 0) is 4.89 Å². The van der Waals surface area contributed by atoms with Crippen molar-refractivity contribution in [2.24, 2.45) is 22.7 Å². The van der Waals surface area contributed by atoms with E-state index in [1.165, 1.54) is 19.3 Å². The van der Waals surface area contributed by atoms with Crippen molar-refractivity contribution in [1.29, 1.82) is 0 Å². The lowest BCUT2D eigenvalue weighted by Gasteiger charge is -2.61. The van der Waals surface area contributed by atoms with Crippen molar-refractivity contribution in [1.82, 2.24) is 0 Å². The van der Waals surface area contributed by atoms with Crippen LogP contribution in [-0.4, -0.2) is 21.6 Å². The van der Waals surface area contributed by atoms with Gasteiger partial charge >= 0.3 is 0 Å². The monoisotopic (exact) mass is 324 g/mol. The molecule has 0 amide bonds. The predicted octanol–water partition coefficient (Wildman–Crippen LogP) is 5.19. The Bertz CT molecular complexity index is 442. The minimum absolute atomic E-state index is 0.154. The molecule has 0 aliphatic heterocycles. The van der Waals surface area contributed by atoms with E-state index >= 15 is 0 Å². The molecule has 0 aromatic rings. The lowest BCUT2D eigenvalue weighted by atomic mass is 9.45. The van der Waals surface area contributed by atoms with Gasteiger partial charge in [-0.25, -0.2) is 4.89 Å². The second-order valence-corrected chi connectivity index (χ2v) is 9.50. The summed E-state index contributed by atoms with van der Waals surface area (Å²) in [6.07, 6.45) is 8.87. The predicted molar refractivity (Wildman–Crippen MR) is 94.1 cm³/mol. The molecule has 2 rings (SSSR count). The molecule has 2 saturated carbocycles. The lowest BCUT2D eigenvalue weighted by molar-refractivity contribution is -0.306. The summed E-state index contributed by atoms with van der Waals surface area (Å²) < 4.78 is 0. The Morgan fingerprint density at radius 2 is 1.87 bits per heavy atom. The van der Waals surface area contributed by atoms with Crippen LogP contribution in [0.4, 0.5) is 0 Å². The van der Waals surface area contributed by atoms with Crippen LogP contribution < -0.4 is 0 Å². The molecule has 2 aliphatic rings. The first-order valence-corrected chi connectivity index (χ1v) is 9.19. The summed E-state index contributed by atoms with van der Waals surface area (Å²) in [6.45, 7) is 14.8. The van der Waals surface area contributed by atoms with E-state index in [0.29, 0.717) is 17.8 Å². The van der Waals surface area contributed by atoms with Crippen molar-refractivity contribution in [3.63, 3.8) is 0 Å². The fraction of sp³-hybridized carbons (Fsp3) is 0.900. The summed E-state index contributed by atoms with van der Waals surface area (Å²) >= 11 is 0. The minimum atomic E-state index is -0.733. The third-order valence-corrected chi connectivity index (χ3v) is 7.33. The number of rotatable bonds is 5. The summed E-state index contributed by atoms with van der Waals surface area (Å²) in [5, 5.41) is 20.3. The molecule has 0 heterocycles. The fourth-order valence-electron chi connectivity index (χ4n) is 5.88. The van der Waals surface area contributed by atoms with Gasteiger partial charge in [0.05, 0.1) is 5.60 Å². The molecule has 0 saturated heterocycles. The van der Waals surface area contributed by atoms with Gasteiger partial charge in [-0.2, -0.15) is 0 Å². The summed E-state index contributed by atoms with van der Waals surface area (Å²) in [5.74, 6) is 0.877. The van der Waals surface area contributed by atoms with Crippen LogP contribution in [0.5, 0.6) is 0 Å². The maximum absolute atomic E-state index is 11.1. The number of aliphatic hydroxyl groups is 1. The summed E-state index contributed by atoms with van der Waals surface area (Å²) in [7, 11) is 0. The van der Waals surface area contributed by atoms with Crippen molar-refractivity contribution < 1.29 is 15.3 Å². The van der Waals surface area contributed by atoms with E-state index in [2.05, 4.69) is 32.2 Å². The number of fused-ring (bicyclic) bond motifs is 1. The molecule has 3 heteroatoms. The Labute approximate surface area is 142 Å². The smallest absolute Gasteiger partial charge is 0.118 e. The molecule has 134 valence electrons. The average Bonchev–Trinajstić information content (AvgIpc) is 2.44. The molecule has 2 fully saturated rings. The molecule has 0 unspecified atom stereocenters. The third kappa shape index (κ3) is 3.38. The summed E-state index contributed by atoms with van der Waals surface area (Å²) in [5.41, 5.74) is -0.877. The van der Waals surface area contributed by atoms with Crippen LogP contribution in [0.25, 0.3) is 0 Å². The third-order valence-electron chi connectivity index (χ3n) is 7.33. The second kappa shape index (κ2) is 6.16. The zero-order valence-corrected chi connectivity index (χ0v) is 15.7. The van der Waals surface area contributed by atoms with Gasteiger partial charge in [0.25, 0.3) is 0 Å². The van der Waals surface area contributed by atoms with Gasteiger partial charge in [0, 0.05) is 0 Å². The molecular formula is C20H36O3. The molecule has 2 aliphatic carbocycles. The van der Waals surface area contributed by atoms with Gasteiger partial charge in [0.2, 0.25) is 0 Å². The van der Waals surface area contributed by atoms with Crippen LogP contribution >= 0.6 is 0 Å². The molecular weight excluding hydrogens is 288 g/mol. The molecule has 0 spiro atoms. The highest BCUT2D eigenvalue weighted by Crippen LogP contribution is 2.63. The Kier molecular flexibility index (Phi) is 5.08. The van der Waals surface area contributed by atoms with Crippen LogP contribution in [0.3, 0.4) is 0 Å². The molecule has 23 heavy (non-hydrogen) atoms. The quantitative estimate of drug-likeness (QED) is 0.415. The zero-order valence-electron chi connectivity index (χ0n) is 15.7. The first-order valence-electron chi connectivity index (χ1n) is 9.19. The maximum atomic E-state index is 11.1. The van der Waals surface area contributed by atoms with Gasteiger partial charge in [0.15, 0.2) is 0 Å². The van der Waals surface area contributed by atoms with Gasteiger partial charge in [-0.05, 0) is 75.0 Å². The van der Waals surface area contributed by atoms with E-state index in [0.717, 1.165) is 19.3 Å². The van der Waals surface area contributed by atoms with Crippen molar-refractivity contribution in [2.45, 2.75) is 90.8 Å². The van der Waals surface area contributed by atoms with Crippen LogP contribution in [0.1, 0.15) is 79.6 Å². The van der Waals surface area contributed by atoms with E-state index in [4.69, 9.17) is 0 Å². The summed E-state index contributed by atoms with van der Waals surface area (Å²) in [4.78, 5) is 4.66. The van der Waals surface area contributed by atoms with Crippen molar-refractivity contribution in [2.75, 3.05) is 0 Å². The van der Waals surface area contributed by atoms with Gasteiger partial charge in [-0.15, -0.1) is 6.58 Å². The van der Waals surface area contributed by atoms with Gasteiger partial charge in [-0.3, -0.25) is 5.26 Å². The van der Waals surface area contributed by atoms with Gasteiger partial charge in [-0.1, -0.05) is 33.3 Å². The molecule has 5 atom stereocenters. The van der Waals surface area contributed by atoms with Crippen molar-refractivity contribution >= 4 is 0 Å². The van der Waals surface area contributed by atoms with E-state index in [-0.39, 0.29) is 11.3 Å². The maximum Gasteiger partial charge on any atom is 0.118 e. The number of hydrogen-bond acceptors (Lipinski definition) is 3. The van der Waals surface area contributed by atoms with E-state index in [9.17, 15) is 10.4 Å². The van der Waals surface area contributed by atoms with Crippen molar-refractivity contribution in [3.8, 4) is 0 Å². The Morgan fingerprint density at radius 3 is 2.43 bits per heavy atom. The SMILES string of the molecule is C=C[C@@](C)(CC[C@@H]1[C@@]2(C)CCCC(C)(C)[C@@H]2CC[C@@]1(C)O)OO. The minimum Gasteiger partial charge on any atom is -0.390 e. The van der Waals surface area contributed by atoms with E-state index in [1.807, 2.05) is 13.8 Å². The molecule has 0 radical (unpaired) electrons. The normalized spacial score (nSPS) is 42.6. The second-order valence-electron chi connectivity index (χ2n) is 9.50. The highest BCUT2D eigenvalue weighted by molar-refractivity contribution is 5.08. The fourth-order valence-corrected chi connectivity index (χ4v) is 5.88. The Balaban J connectivity index is 2.27. The molecule has 3 nitrogen and oxygen atoms in total. The number of hydrogen-bond donors (Lipinski definition) is 2. The molecule has 0 bridgehead atoms. The Morgan fingerprint density at radius 1 is 1.22 bits per heavy atom. The molecule has 0 aromatic carbocycles. The zero-order chi connectivity index (χ0) is 17.5. The standard InChI is InChI=1S/C20H36O3/c1-7-18(4,23-22)13-9-16-19(5)12-8-11-17(2,3)15(19)10-14-20(16,6)21/h7,15-16,21-22H,1,8-14H2,2-6H3/t15-,16+,18-,19-,20+/m0/s1. The van der Waals surface area contributed by atoms with Crippen LogP contribution in [0.15, 0.2) is 12.7 Å². The van der Waals surface area contributed by atoms with Gasteiger partial charge in [0.1, 0.15) is 5.60 Å².